The molecule has 0 aliphatic heterocycles. The number of carboxylic acid groups (broad SMARTS) is 1. The number of hydrogen-bond acceptors (Lipinski definition) is 3. The first-order valence-electron chi connectivity index (χ1n) is 5.57. The maximum absolute atomic E-state index is 11.9. The van der Waals surface area contributed by atoms with E-state index in [4.69, 9.17) is 5.11 Å². The summed E-state index contributed by atoms with van der Waals surface area (Å²) < 4.78 is 0. The van der Waals surface area contributed by atoms with Crippen LogP contribution < -0.4 is 0 Å². The van der Waals surface area contributed by atoms with Crippen molar-refractivity contribution in [3.05, 3.63) is 22.4 Å². The van der Waals surface area contributed by atoms with Crippen molar-refractivity contribution in [3.63, 3.8) is 0 Å². The van der Waals surface area contributed by atoms with Crippen LogP contribution in [0, 0.1) is 5.92 Å². The first-order chi connectivity index (χ1) is 8.08. The van der Waals surface area contributed by atoms with Crippen molar-refractivity contribution in [2.75, 3.05) is 7.05 Å². The summed E-state index contributed by atoms with van der Waals surface area (Å²) in [5, 5.41) is 12.7. The van der Waals surface area contributed by atoms with E-state index in [1.165, 1.54) is 0 Å². The van der Waals surface area contributed by atoms with Crippen LogP contribution in [0.15, 0.2) is 16.8 Å². The van der Waals surface area contributed by atoms with Gasteiger partial charge in [-0.25, -0.2) is 0 Å². The summed E-state index contributed by atoms with van der Waals surface area (Å²) in [6.07, 6.45) is 1.58. The molecule has 2 rings (SSSR count). The van der Waals surface area contributed by atoms with Gasteiger partial charge in [0, 0.05) is 13.1 Å². The smallest absolute Gasteiger partial charge is 0.306 e. The van der Waals surface area contributed by atoms with E-state index in [9.17, 15) is 9.59 Å². The highest BCUT2D eigenvalue weighted by molar-refractivity contribution is 7.07. The Kier molecular flexibility index (Phi) is 3.47. The predicted molar refractivity (Wildman–Crippen MR) is 64.9 cm³/mol. The summed E-state index contributed by atoms with van der Waals surface area (Å²) in [5.74, 6) is -0.950. The number of carboxylic acids is 1. The Bertz CT molecular complexity index is 409. The summed E-state index contributed by atoms with van der Waals surface area (Å²) >= 11 is 1.58. The second kappa shape index (κ2) is 4.87. The van der Waals surface area contributed by atoms with E-state index in [0.717, 1.165) is 5.56 Å². The number of aliphatic carboxylic acids is 1. The fourth-order valence-electron chi connectivity index (χ4n) is 2.00. The van der Waals surface area contributed by atoms with Crippen LogP contribution in [0.2, 0.25) is 0 Å². The van der Waals surface area contributed by atoms with Crippen molar-refractivity contribution < 1.29 is 14.7 Å². The van der Waals surface area contributed by atoms with Gasteiger partial charge >= 0.3 is 5.97 Å². The molecule has 1 saturated carbocycles. The first-order valence-corrected chi connectivity index (χ1v) is 6.51. The van der Waals surface area contributed by atoms with Crippen LogP contribution in [-0.2, 0) is 16.0 Å². The van der Waals surface area contributed by atoms with Crippen molar-refractivity contribution in [1.82, 2.24) is 4.90 Å². The Labute approximate surface area is 104 Å². The van der Waals surface area contributed by atoms with Gasteiger partial charge < -0.3 is 10.0 Å². The molecule has 1 amide bonds. The van der Waals surface area contributed by atoms with Crippen LogP contribution in [0.4, 0.5) is 0 Å². The maximum atomic E-state index is 11.9. The minimum atomic E-state index is -0.750. The van der Waals surface area contributed by atoms with Crippen LogP contribution in [0.3, 0.4) is 0 Å². The topological polar surface area (TPSA) is 57.6 Å². The van der Waals surface area contributed by atoms with Gasteiger partial charge in [-0.3, -0.25) is 9.59 Å². The summed E-state index contributed by atoms with van der Waals surface area (Å²) in [4.78, 5) is 24.3. The highest BCUT2D eigenvalue weighted by Crippen LogP contribution is 2.31. The van der Waals surface area contributed by atoms with Gasteiger partial charge in [0.1, 0.15) is 0 Å². The molecule has 0 bridgehead atoms. The summed E-state index contributed by atoms with van der Waals surface area (Å²) in [6, 6.07) is 2.04. The first kappa shape index (κ1) is 12.1. The molecule has 0 spiro atoms. The van der Waals surface area contributed by atoms with E-state index in [2.05, 4.69) is 0 Å². The molecule has 1 aliphatic rings. The van der Waals surface area contributed by atoms with Crippen LogP contribution in [0.5, 0.6) is 0 Å². The molecule has 0 radical (unpaired) electrons. The zero-order valence-electron chi connectivity index (χ0n) is 9.63. The number of carbonyl (C=O) groups is 2. The highest BCUT2D eigenvalue weighted by atomic mass is 32.1. The Morgan fingerprint density at radius 2 is 2.24 bits per heavy atom. The number of nitrogens with zero attached hydrogens (tertiary/aromatic N) is 1. The predicted octanol–water partition coefficient (Wildman–Crippen LogP) is 1.61. The number of likely N-dealkylation sites (N-methyl/N-ethyl adjacent to an activating group) is 1. The normalized spacial score (nSPS) is 22.9. The third kappa shape index (κ3) is 2.66. The average Bonchev–Trinajstić information content (AvgIpc) is 2.67. The Morgan fingerprint density at radius 3 is 2.76 bits per heavy atom. The molecule has 17 heavy (non-hydrogen) atoms. The Hall–Kier alpha value is -1.36. The van der Waals surface area contributed by atoms with Crippen molar-refractivity contribution >= 4 is 23.2 Å². The SMILES string of the molecule is CN(C(=O)Cc1ccsc1)C1CC(C(=O)O)C1. The third-order valence-electron chi connectivity index (χ3n) is 3.34. The number of hydrogen-bond donors (Lipinski definition) is 1. The lowest BCUT2D eigenvalue weighted by atomic mass is 9.79. The second-order valence-corrected chi connectivity index (χ2v) is 5.25. The monoisotopic (exact) mass is 253 g/mol. The molecule has 0 saturated heterocycles. The Morgan fingerprint density at radius 1 is 1.53 bits per heavy atom. The zero-order valence-corrected chi connectivity index (χ0v) is 10.4. The number of thiophene rings is 1. The molecule has 1 fully saturated rings. The van der Waals surface area contributed by atoms with Crippen LogP contribution >= 0.6 is 11.3 Å². The summed E-state index contributed by atoms with van der Waals surface area (Å²) in [7, 11) is 1.76. The fraction of sp³-hybridized carbons (Fsp3) is 0.500. The van der Waals surface area contributed by atoms with Crippen molar-refractivity contribution in [2.24, 2.45) is 5.92 Å². The van der Waals surface area contributed by atoms with Gasteiger partial charge in [0.2, 0.25) is 5.91 Å². The van der Waals surface area contributed by atoms with Crippen LogP contribution in [0.25, 0.3) is 0 Å². The minimum absolute atomic E-state index is 0.0669. The molecular formula is C12H15NO3S. The van der Waals surface area contributed by atoms with Crippen LogP contribution in [-0.4, -0.2) is 35.0 Å². The number of rotatable bonds is 4. The third-order valence-corrected chi connectivity index (χ3v) is 4.07. The van der Waals surface area contributed by atoms with Gasteiger partial charge in [0.25, 0.3) is 0 Å². The van der Waals surface area contributed by atoms with Crippen molar-refractivity contribution in [1.29, 1.82) is 0 Å². The molecular weight excluding hydrogens is 238 g/mol. The molecule has 92 valence electrons. The van der Waals surface area contributed by atoms with Gasteiger partial charge in [0.05, 0.1) is 12.3 Å². The second-order valence-electron chi connectivity index (χ2n) is 4.47. The standard InChI is InChI=1S/C12H15NO3S/c1-13(10-5-9(6-10)12(15)16)11(14)4-8-2-3-17-7-8/h2-3,7,9-10H,4-6H2,1H3,(H,15,16). The summed E-state index contributed by atoms with van der Waals surface area (Å²) in [5.41, 5.74) is 1.03. The van der Waals surface area contributed by atoms with Gasteiger partial charge in [-0.1, -0.05) is 0 Å². The van der Waals surface area contributed by atoms with E-state index in [1.54, 1.807) is 23.3 Å². The molecule has 0 atom stereocenters. The van der Waals surface area contributed by atoms with Gasteiger partial charge in [0.15, 0.2) is 0 Å². The zero-order chi connectivity index (χ0) is 12.4. The van der Waals surface area contributed by atoms with Crippen molar-refractivity contribution in [2.45, 2.75) is 25.3 Å². The molecule has 0 unspecified atom stereocenters. The van der Waals surface area contributed by atoms with Gasteiger partial charge in [-0.05, 0) is 35.2 Å². The lowest BCUT2D eigenvalue weighted by molar-refractivity contribution is -0.149. The molecule has 5 heteroatoms. The van der Waals surface area contributed by atoms with E-state index < -0.39 is 5.97 Å². The van der Waals surface area contributed by atoms with E-state index in [0.29, 0.717) is 19.3 Å². The average molecular weight is 253 g/mol. The number of carbonyl (C=O) groups excluding carboxylic acids is 1. The Balaban J connectivity index is 1.83. The highest BCUT2D eigenvalue weighted by Gasteiger charge is 2.38. The van der Waals surface area contributed by atoms with E-state index >= 15 is 0 Å². The minimum Gasteiger partial charge on any atom is -0.481 e. The maximum Gasteiger partial charge on any atom is 0.306 e. The van der Waals surface area contributed by atoms with E-state index in [-0.39, 0.29) is 17.9 Å². The quantitative estimate of drug-likeness (QED) is 0.887. The largest absolute Gasteiger partial charge is 0.481 e. The molecule has 1 aromatic rings. The van der Waals surface area contributed by atoms with Gasteiger partial charge in [-0.2, -0.15) is 11.3 Å². The van der Waals surface area contributed by atoms with Crippen LogP contribution in [0.1, 0.15) is 18.4 Å². The number of amides is 1. The molecule has 1 N–H and O–H groups in total. The lowest BCUT2D eigenvalue weighted by Crippen LogP contribution is -2.48. The fourth-order valence-corrected chi connectivity index (χ4v) is 2.67. The molecule has 1 aromatic heterocycles. The molecule has 1 aliphatic carbocycles. The summed E-state index contributed by atoms with van der Waals surface area (Å²) in [6.45, 7) is 0. The van der Waals surface area contributed by atoms with Crippen molar-refractivity contribution in [3.8, 4) is 0 Å². The molecule has 1 heterocycles. The molecule has 4 nitrogen and oxygen atoms in total. The van der Waals surface area contributed by atoms with E-state index in [1.807, 2.05) is 16.8 Å². The van der Waals surface area contributed by atoms with Gasteiger partial charge in [-0.15, -0.1) is 0 Å². The molecule has 0 aromatic carbocycles. The lowest BCUT2D eigenvalue weighted by Gasteiger charge is -2.39.